The van der Waals surface area contributed by atoms with Gasteiger partial charge in [-0.2, -0.15) is 0 Å². The van der Waals surface area contributed by atoms with E-state index in [2.05, 4.69) is 0 Å². The summed E-state index contributed by atoms with van der Waals surface area (Å²) in [5, 5.41) is 0. The molecule has 0 aromatic rings. The van der Waals surface area contributed by atoms with Crippen LogP contribution in [0.4, 0.5) is 0 Å². The Labute approximate surface area is 81.1 Å². The number of hydrogen-bond donors (Lipinski definition) is 0. The maximum atomic E-state index is 8.28. The van der Waals surface area contributed by atoms with Crippen LogP contribution in [0.3, 0.4) is 0 Å². The van der Waals surface area contributed by atoms with E-state index < -0.39 is 0 Å². The Kier molecular flexibility index (Phi) is 174. The third kappa shape index (κ3) is 21.8. The van der Waals surface area contributed by atoms with Gasteiger partial charge in [0.05, 0.1) is 0 Å². The Morgan fingerprint density at radius 3 is 1.00 bits per heavy atom. The van der Waals surface area contributed by atoms with Gasteiger partial charge in [0.2, 0.25) is 0 Å². The zero-order chi connectivity index (χ0) is 2.00. The van der Waals surface area contributed by atoms with E-state index in [0.717, 1.165) is 0 Å². The van der Waals surface area contributed by atoms with Gasteiger partial charge in [-0.1, -0.05) is 0 Å². The maximum absolute atomic E-state index is 8.28. The summed E-state index contributed by atoms with van der Waals surface area (Å²) >= 11 is 0.611. The van der Waals surface area contributed by atoms with Crippen molar-refractivity contribution < 1.29 is 48.6 Å². The first-order valence-electron chi connectivity index (χ1n) is 0.289. The molecule has 0 aromatic carbocycles. The molecule has 2 radical (unpaired) electrons. The van der Waals surface area contributed by atoms with Crippen molar-refractivity contribution in [2.75, 3.05) is 0 Å². The Morgan fingerprint density at radius 1 is 1.00 bits per heavy atom. The van der Waals surface area contributed by atoms with Crippen LogP contribution in [0.2, 0.25) is 0 Å². The average Bonchev–Trinajstić information content (AvgIpc) is 1.00. The molecule has 0 saturated carbocycles. The summed E-state index contributed by atoms with van der Waals surface area (Å²) in [6.07, 6.45) is 0. The van der Waals surface area contributed by atoms with E-state index in [1.807, 2.05) is 0 Å². The second-order valence-electron chi connectivity index (χ2n) is 0. The summed E-state index contributed by atoms with van der Waals surface area (Å²) in [6, 6.07) is 0. The monoisotopic (exact) mass is 260 g/mol. The number of hydrogen-bond acceptors (Lipinski definition) is 1. The summed E-state index contributed by atoms with van der Waals surface area (Å²) in [7, 11) is 0. The fourth-order valence-corrected chi connectivity index (χ4v) is 0. The molecule has 0 spiro atoms. The summed E-state index contributed by atoms with van der Waals surface area (Å²) in [4.78, 5) is 0. The molecule has 0 aromatic heterocycles. The molecule has 0 aliphatic rings. The molecule has 5 heavy (non-hydrogen) atoms. The van der Waals surface area contributed by atoms with Crippen molar-refractivity contribution >= 4 is 33.6 Å². The third-order valence-corrected chi connectivity index (χ3v) is 0. The zero-order valence-corrected chi connectivity index (χ0v) is 7.82. The molecule has 26 valence electrons. The molecule has 0 unspecified atom stereocenters. The fraction of sp³-hybridized carbons (Fsp3) is 0. The van der Waals surface area contributed by atoms with Crippen LogP contribution in [0, 0.1) is 0 Å². The molecular weight excluding hydrogens is 256 g/mol. The minimum atomic E-state index is 0. The molecule has 0 aliphatic carbocycles. The molecule has 0 amide bonds. The predicted octanol–water partition coefficient (Wildman–Crippen LogP) is -1.96. The van der Waals surface area contributed by atoms with Crippen molar-refractivity contribution in [1.82, 2.24) is 0 Å². The van der Waals surface area contributed by atoms with Gasteiger partial charge in [0.1, 0.15) is 0 Å². The van der Waals surface area contributed by atoms with E-state index in [1.54, 1.807) is 0 Å². The SMILES string of the molecule is [AlH3].[Nb].[Nb].[O]=[AlH]. The first kappa shape index (κ1) is 26.4. The minimum absolute atomic E-state index is 0. The Bertz CT molecular complexity index is 7.61. The van der Waals surface area contributed by atoms with E-state index >= 15 is 0 Å². The van der Waals surface area contributed by atoms with Crippen LogP contribution in [0.1, 0.15) is 0 Å². The van der Waals surface area contributed by atoms with E-state index in [0.29, 0.717) is 16.2 Å². The van der Waals surface area contributed by atoms with Gasteiger partial charge in [0, 0.05) is 44.8 Å². The molecule has 1 nitrogen and oxygen atoms in total. The van der Waals surface area contributed by atoms with Crippen molar-refractivity contribution in [3.8, 4) is 0 Å². The van der Waals surface area contributed by atoms with E-state index in [4.69, 9.17) is 3.80 Å². The van der Waals surface area contributed by atoms with Crippen LogP contribution in [0.25, 0.3) is 0 Å². The first-order valence-corrected chi connectivity index (χ1v) is 0.866. The van der Waals surface area contributed by atoms with Gasteiger partial charge in [0.25, 0.3) is 0 Å². The van der Waals surface area contributed by atoms with Crippen LogP contribution in [0.5, 0.6) is 0 Å². The van der Waals surface area contributed by atoms with Gasteiger partial charge in [-0.3, -0.25) is 0 Å². The second kappa shape index (κ2) is 33.0. The quantitative estimate of drug-likeness (QED) is 0.462. The molecule has 0 atom stereocenters. The van der Waals surface area contributed by atoms with Crippen LogP contribution in [-0.4, -0.2) is 33.6 Å². The van der Waals surface area contributed by atoms with Gasteiger partial charge in [-0.25, -0.2) is 0 Å². The van der Waals surface area contributed by atoms with Crippen molar-refractivity contribution in [3.05, 3.63) is 0 Å². The van der Waals surface area contributed by atoms with Gasteiger partial charge < -0.3 is 0 Å². The molecule has 0 N–H and O–H groups in total. The molecule has 0 heterocycles. The van der Waals surface area contributed by atoms with E-state index in [9.17, 15) is 0 Å². The average molecular weight is 260 g/mol. The van der Waals surface area contributed by atoms with Gasteiger partial charge in [-0.15, -0.1) is 0 Å². The normalized spacial score (nSPS) is 0.600. The first-order chi connectivity index (χ1) is 1.00. The summed E-state index contributed by atoms with van der Waals surface area (Å²) in [6.45, 7) is 0. The molecular formula is H4Al2Nb2O. The summed E-state index contributed by atoms with van der Waals surface area (Å²) in [5.74, 6) is 0. The zero-order valence-electron chi connectivity index (χ0n) is 2.01. The standard InChI is InChI=1S/2Al.2Nb.O.4H. The van der Waals surface area contributed by atoms with Crippen molar-refractivity contribution in [2.45, 2.75) is 0 Å². The fourth-order valence-electron chi connectivity index (χ4n) is 0. The Hall–Kier alpha value is 2.35. The molecule has 0 bridgehead atoms. The van der Waals surface area contributed by atoms with Crippen molar-refractivity contribution in [2.24, 2.45) is 0 Å². The van der Waals surface area contributed by atoms with Gasteiger partial charge >= 0.3 is 20.0 Å². The van der Waals surface area contributed by atoms with E-state index in [-0.39, 0.29) is 62.1 Å². The third-order valence-electron chi connectivity index (χ3n) is 0. The molecule has 0 rings (SSSR count). The molecule has 0 saturated heterocycles. The number of rotatable bonds is 0. The van der Waals surface area contributed by atoms with Crippen LogP contribution in [0.15, 0.2) is 0 Å². The Morgan fingerprint density at radius 2 is 1.00 bits per heavy atom. The van der Waals surface area contributed by atoms with Crippen LogP contribution >= 0.6 is 0 Å². The topological polar surface area (TPSA) is 17.1 Å². The summed E-state index contributed by atoms with van der Waals surface area (Å²) < 4.78 is 8.28. The summed E-state index contributed by atoms with van der Waals surface area (Å²) in [5.41, 5.74) is 0. The second-order valence-corrected chi connectivity index (χ2v) is 0. The van der Waals surface area contributed by atoms with Crippen LogP contribution < -0.4 is 0 Å². The predicted molar refractivity (Wildman–Crippen MR) is 17.8 cm³/mol. The Balaban J connectivity index is -0.00000000167. The molecule has 0 fully saturated rings. The van der Waals surface area contributed by atoms with Gasteiger partial charge in [0.15, 0.2) is 17.4 Å². The molecule has 0 aliphatic heterocycles. The molecule has 5 heteroatoms. The van der Waals surface area contributed by atoms with Crippen molar-refractivity contribution in [1.29, 1.82) is 0 Å². The van der Waals surface area contributed by atoms with Gasteiger partial charge in [-0.05, 0) is 0 Å². The van der Waals surface area contributed by atoms with Crippen molar-refractivity contribution in [3.63, 3.8) is 0 Å². The van der Waals surface area contributed by atoms with E-state index in [1.165, 1.54) is 0 Å². The van der Waals surface area contributed by atoms with Crippen LogP contribution in [-0.2, 0) is 48.6 Å².